The Hall–Kier alpha value is -2.81. The summed E-state index contributed by atoms with van der Waals surface area (Å²) < 4.78 is 46.2. The Morgan fingerprint density at radius 1 is 1.22 bits per heavy atom. The number of methoxy groups -OCH3 is 1. The minimum atomic E-state index is -1.61. The molecule has 0 atom stereocenters. The van der Waals surface area contributed by atoms with Crippen LogP contribution in [0.1, 0.15) is 0 Å². The van der Waals surface area contributed by atoms with Crippen LogP contribution in [0.4, 0.5) is 24.0 Å². The van der Waals surface area contributed by atoms with E-state index in [4.69, 9.17) is 4.74 Å². The summed E-state index contributed by atoms with van der Waals surface area (Å²) in [5.74, 6) is -4.48. The Morgan fingerprint density at radius 3 is 2.74 bits per heavy atom. The molecule has 5 nitrogen and oxygen atoms in total. The first-order valence-electron chi connectivity index (χ1n) is 8.10. The molecule has 1 aliphatic heterocycles. The SMILES string of the molecule is COc1cccc2sc(N3CC(C(=O)Nc4ccc(F)c(F)c4F)C3)nc12. The fourth-order valence-corrected chi connectivity index (χ4v) is 3.87. The maximum Gasteiger partial charge on any atom is 0.231 e. The van der Waals surface area contributed by atoms with Gasteiger partial charge in [-0.25, -0.2) is 18.2 Å². The maximum atomic E-state index is 13.7. The predicted molar refractivity (Wildman–Crippen MR) is 96.8 cm³/mol. The van der Waals surface area contributed by atoms with Crippen molar-refractivity contribution >= 4 is 38.3 Å². The Kier molecular flexibility index (Phi) is 4.39. The second kappa shape index (κ2) is 6.73. The van der Waals surface area contributed by atoms with Crippen LogP contribution in [-0.4, -0.2) is 31.1 Å². The van der Waals surface area contributed by atoms with Crippen molar-refractivity contribution in [3.63, 3.8) is 0 Å². The first-order chi connectivity index (χ1) is 13.0. The minimum Gasteiger partial charge on any atom is -0.494 e. The van der Waals surface area contributed by atoms with Crippen LogP contribution in [0.2, 0.25) is 0 Å². The van der Waals surface area contributed by atoms with E-state index in [1.165, 1.54) is 11.3 Å². The van der Waals surface area contributed by atoms with Gasteiger partial charge in [-0.1, -0.05) is 17.4 Å². The van der Waals surface area contributed by atoms with E-state index < -0.39 is 29.3 Å². The van der Waals surface area contributed by atoms with Crippen molar-refractivity contribution in [1.82, 2.24) is 4.98 Å². The third-order valence-electron chi connectivity index (χ3n) is 4.41. The van der Waals surface area contributed by atoms with Gasteiger partial charge < -0.3 is 15.0 Å². The molecule has 27 heavy (non-hydrogen) atoms. The molecular weight excluding hydrogens is 379 g/mol. The van der Waals surface area contributed by atoms with Crippen molar-refractivity contribution < 1.29 is 22.7 Å². The molecule has 0 bridgehead atoms. The van der Waals surface area contributed by atoms with Gasteiger partial charge in [-0.05, 0) is 24.3 Å². The van der Waals surface area contributed by atoms with E-state index in [1.807, 2.05) is 23.1 Å². The topological polar surface area (TPSA) is 54.5 Å². The largest absolute Gasteiger partial charge is 0.494 e. The fraction of sp³-hybridized carbons (Fsp3) is 0.222. The lowest BCUT2D eigenvalue weighted by atomic mass is 10.00. The molecule has 0 unspecified atom stereocenters. The highest BCUT2D eigenvalue weighted by molar-refractivity contribution is 7.22. The first-order valence-corrected chi connectivity index (χ1v) is 8.92. The third-order valence-corrected chi connectivity index (χ3v) is 5.49. The second-order valence-corrected chi connectivity index (χ2v) is 7.13. The number of benzene rings is 2. The zero-order valence-electron chi connectivity index (χ0n) is 14.1. The number of nitrogens with one attached hydrogen (secondary N) is 1. The van der Waals surface area contributed by atoms with Gasteiger partial charge in [-0.15, -0.1) is 0 Å². The average molecular weight is 393 g/mol. The van der Waals surface area contributed by atoms with Crippen molar-refractivity contribution in [3.8, 4) is 5.75 Å². The number of aromatic nitrogens is 1. The van der Waals surface area contributed by atoms with Gasteiger partial charge in [-0.2, -0.15) is 0 Å². The Bertz CT molecular complexity index is 1030. The van der Waals surface area contributed by atoms with Crippen LogP contribution in [0.5, 0.6) is 5.75 Å². The summed E-state index contributed by atoms with van der Waals surface area (Å²) in [4.78, 5) is 18.7. The summed E-state index contributed by atoms with van der Waals surface area (Å²) in [6.45, 7) is 0.804. The van der Waals surface area contributed by atoms with Crippen molar-refractivity contribution in [2.24, 2.45) is 5.92 Å². The summed E-state index contributed by atoms with van der Waals surface area (Å²) in [6.07, 6.45) is 0. The predicted octanol–water partition coefficient (Wildman–Crippen LogP) is 3.80. The zero-order valence-corrected chi connectivity index (χ0v) is 14.9. The van der Waals surface area contributed by atoms with Crippen LogP contribution in [-0.2, 0) is 4.79 Å². The molecule has 1 aliphatic rings. The van der Waals surface area contributed by atoms with Crippen LogP contribution in [0.3, 0.4) is 0 Å². The van der Waals surface area contributed by atoms with Gasteiger partial charge in [0.1, 0.15) is 11.3 Å². The molecule has 0 spiro atoms. The number of anilines is 2. The van der Waals surface area contributed by atoms with Gasteiger partial charge in [0.2, 0.25) is 5.91 Å². The number of thiazole rings is 1. The van der Waals surface area contributed by atoms with E-state index in [1.54, 1.807) is 7.11 Å². The molecule has 0 saturated carbocycles. The molecule has 9 heteroatoms. The van der Waals surface area contributed by atoms with Crippen LogP contribution in [0.25, 0.3) is 10.2 Å². The van der Waals surface area contributed by atoms with Gasteiger partial charge in [0.25, 0.3) is 0 Å². The van der Waals surface area contributed by atoms with Crippen LogP contribution in [0.15, 0.2) is 30.3 Å². The number of nitrogens with zero attached hydrogens (tertiary/aromatic N) is 2. The average Bonchev–Trinajstić information content (AvgIpc) is 3.04. The lowest BCUT2D eigenvalue weighted by Crippen LogP contribution is -2.52. The molecule has 140 valence electrons. The number of hydrogen-bond donors (Lipinski definition) is 1. The summed E-state index contributed by atoms with van der Waals surface area (Å²) in [5.41, 5.74) is 0.388. The molecule has 4 rings (SSSR count). The molecule has 0 radical (unpaired) electrons. The van der Waals surface area contributed by atoms with E-state index in [9.17, 15) is 18.0 Å². The third kappa shape index (κ3) is 3.08. The second-order valence-electron chi connectivity index (χ2n) is 6.12. The number of carbonyl (C=O) groups excluding carboxylic acids is 1. The number of ether oxygens (including phenoxy) is 1. The highest BCUT2D eigenvalue weighted by Crippen LogP contribution is 2.36. The summed E-state index contributed by atoms with van der Waals surface area (Å²) in [6, 6.07) is 7.42. The molecule has 2 aromatic carbocycles. The molecule has 3 aromatic rings. The van der Waals surface area contributed by atoms with Crippen LogP contribution >= 0.6 is 11.3 Å². The molecule has 1 saturated heterocycles. The number of para-hydroxylation sites is 1. The molecular formula is C18H14F3N3O2S. The summed E-state index contributed by atoms with van der Waals surface area (Å²) in [5, 5.41) is 3.07. The maximum absolute atomic E-state index is 13.7. The summed E-state index contributed by atoms with van der Waals surface area (Å²) >= 11 is 1.49. The van der Waals surface area contributed by atoms with E-state index >= 15 is 0 Å². The lowest BCUT2D eigenvalue weighted by molar-refractivity contribution is -0.120. The molecule has 1 amide bonds. The normalized spacial score (nSPS) is 14.3. The Labute approximate surface area is 156 Å². The van der Waals surface area contributed by atoms with Crippen molar-refractivity contribution in [1.29, 1.82) is 0 Å². The van der Waals surface area contributed by atoms with Crippen molar-refractivity contribution in [2.75, 3.05) is 30.4 Å². The first kappa shape index (κ1) is 17.6. The Morgan fingerprint density at radius 2 is 2.00 bits per heavy atom. The number of fused-ring (bicyclic) bond motifs is 1. The van der Waals surface area contributed by atoms with Crippen molar-refractivity contribution in [2.45, 2.75) is 0 Å². The zero-order chi connectivity index (χ0) is 19.1. The molecule has 1 N–H and O–H groups in total. The van der Waals surface area contributed by atoms with E-state index in [-0.39, 0.29) is 5.69 Å². The van der Waals surface area contributed by atoms with Gasteiger partial charge in [0.15, 0.2) is 22.6 Å². The highest BCUT2D eigenvalue weighted by atomic mass is 32.1. The number of rotatable bonds is 4. The number of hydrogen-bond acceptors (Lipinski definition) is 5. The number of amides is 1. The molecule has 0 aliphatic carbocycles. The quantitative estimate of drug-likeness (QED) is 0.685. The van der Waals surface area contributed by atoms with Crippen LogP contribution in [0, 0.1) is 23.4 Å². The number of halogens is 3. The summed E-state index contributed by atoms with van der Waals surface area (Å²) in [7, 11) is 1.58. The fourth-order valence-electron chi connectivity index (χ4n) is 2.87. The molecule has 2 heterocycles. The van der Waals surface area contributed by atoms with E-state index in [0.29, 0.717) is 18.8 Å². The molecule has 1 fully saturated rings. The van der Waals surface area contributed by atoms with Gasteiger partial charge in [-0.3, -0.25) is 4.79 Å². The lowest BCUT2D eigenvalue weighted by Gasteiger charge is -2.37. The molecule has 1 aromatic heterocycles. The van der Waals surface area contributed by atoms with E-state index in [0.717, 1.165) is 27.5 Å². The monoisotopic (exact) mass is 393 g/mol. The highest BCUT2D eigenvalue weighted by Gasteiger charge is 2.35. The Balaban J connectivity index is 1.43. The smallest absolute Gasteiger partial charge is 0.231 e. The standard InChI is InChI=1S/C18H14F3N3O2S/c1-26-12-3-2-4-13-16(12)23-18(27-13)24-7-9(8-24)17(25)22-11-6-5-10(19)14(20)15(11)21/h2-6,9H,7-8H2,1H3,(H,22,25). The van der Waals surface area contributed by atoms with Gasteiger partial charge in [0, 0.05) is 13.1 Å². The van der Waals surface area contributed by atoms with E-state index in [2.05, 4.69) is 10.3 Å². The number of carbonyl (C=O) groups is 1. The van der Waals surface area contributed by atoms with Crippen LogP contribution < -0.4 is 15.0 Å². The van der Waals surface area contributed by atoms with Crippen molar-refractivity contribution in [3.05, 3.63) is 47.8 Å². The van der Waals surface area contributed by atoms with Gasteiger partial charge >= 0.3 is 0 Å². The minimum absolute atomic E-state index is 0.373. The van der Waals surface area contributed by atoms with Gasteiger partial charge in [0.05, 0.1) is 23.4 Å².